The summed E-state index contributed by atoms with van der Waals surface area (Å²) in [6.45, 7) is 1.98. The van der Waals surface area contributed by atoms with Crippen LogP contribution in [-0.4, -0.2) is 15.9 Å². The summed E-state index contributed by atoms with van der Waals surface area (Å²) >= 11 is 0. The number of nitrogens with zero attached hydrogens (tertiary/aromatic N) is 2. The topological polar surface area (TPSA) is 54.9 Å². The highest BCUT2D eigenvalue weighted by molar-refractivity contribution is 5.78. The zero-order chi connectivity index (χ0) is 16.8. The van der Waals surface area contributed by atoms with Crippen LogP contribution in [0, 0.1) is 0 Å². The number of aromatic nitrogens is 2. The van der Waals surface area contributed by atoms with Gasteiger partial charge in [-0.25, -0.2) is 0 Å². The third-order valence-corrected chi connectivity index (χ3v) is 3.85. The highest BCUT2D eigenvalue weighted by Crippen LogP contribution is 2.21. The summed E-state index contributed by atoms with van der Waals surface area (Å²) in [7, 11) is 0. The van der Waals surface area contributed by atoms with Gasteiger partial charge in [0.1, 0.15) is 0 Å². The van der Waals surface area contributed by atoms with Crippen molar-refractivity contribution in [1.82, 2.24) is 15.3 Å². The second-order valence-corrected chi connectivity index (χ2v) is 5.65. The molecule has 0 aliphatic rings. The molecular weight excluding hydrogens is 298 g/mol. The van der Waals surface area contributed by atoms with Crippen molar-refractivity contribution in [3.05, 3.63) is 84.4 Å². The predicted molar refractivity (Wildman–Crippen MR) is 94.2 cm³/mol. The molecule has 4 heteroatoms. The van der Waals surface area contributed by atoms with E-state index in [9.17, 15) is 4.79 Å². The van der Waals surface area contributed by atoms with Crippen LogP contribution in [0.15, 0.2) is 73.2 Å². The Kier molecular flexibility index (Phi) is 4.96. The fourth-order valence-corrected chi connectivity index (χ4v) is 2.56. The number of rotatable bonds is 5. The summed E-state index contributed by atoms with van der Waals surface area (Å²) in [4.78, 5) is 20.2. The van der Waals surface area contributed by atoms with E-state index in [0.717, 1.165) is 11.1 Å². The fourth-order valence-electron chi connectivity index (χ4n) is 2.56. The number of nitrogens with one attached hydrogen (secondary N) is 1. The van der Waals surface area contributed by atoms with Crippen molar-refractivity contribution in [3.63, 3.8) is 0 Å². The fraction of sp³-hybridized carbons (Fsp3) is 0.150. The van der Waals surface area contributed by atoms with E-state index in [2.05, 4.69) is 51.7 Å². The summed E-state index contributed by atoms with van der Waals surface area (Å²) in [5.41, 5.74) is 4.09. The monoisotopic (exact) mass is 317 g/mol. The molecule has 0 unspecified atom stereocenters. The van der Waals surface area contributed by atoms with Crippen LogP contribution in [-0.2, 0) is 11.2 Å². The number of amides is 1. The minimum Gasteiger partial charge on any atom is -0.349 e. The Morgan fingerprint density at radius 1 is 1.00 bits per heavy atom. The lowest BCUT2D eigenvalue weighted by atomic mass is 10.0. The Bertz CT molecular complexity index is 786. The molecule has 2 aromatic carbocycles. The first-order chi connectivity index (χ1) is 11.7. The second-order valence-electron chi connectivity index (χ2n) is 5.65. The lowest BCUT2D eigenvalue weighted by molar-refractivity contribution is -0.121. The van der Waals surface area contributed by atoms with Crippen molar-refractivity contribution in [2.45, 2.75) is 19.4 Å². The largest absolute Gasteiger partial charge is 0.349 e. The Labute approximate surface area is 141 Å². The van der Waals surface area contributed by atoms with E-state index in [1.807, 2.05) is 25.1 Å². The maximum atomic E-state index is 12.1. The average molecular weight is 317 g/mol. The summed E-state index contributed by atoms with van der Waals surface area (Å²) in [6.07, 6.45) is 5.03. The molecule has 0 aliphatic carbocycles. The molecule has 1 heterocycles. The molecule has 0 saturated heterocycles. The van der Waals surface area contributed by atoms with Crippen molar-refractivity contribution in [2.75, 3.05) is 0 Å². The maximum absolute atomic E-state index is 12.1. The van der Waals surface area contributed by atoms with Gasteiger partial charge in [0, 0.05) is 18.6 Å². The summed E-state index contributed by atoms with van der Waals surface area (Å²) in [6, 6.07) is 18.4. The van der Waals surface area contributed by atoms with Crippen molar-refractivity contribution in [2.24, 2.45) is 0 Å². The Morgan fingerprint density at radius 3 is 2.38 bits per heavy atom. The minimum atomic E-state index is -0.0601. The molecule has 0 fully saturated rings. The van der Waals surface area contributed by atoms with Crippen LogP contribution in [0.2, 0.25) is 0 Å². The summed E-state index contributed by atoms with van der Waals surface area (Å²) in [5, 5.41) is 3.00. The van der Waals surface area contributed by atoms with Gasteiger partial charge in [-0.1, -0.05) is 54.6 Å². The third-order valence-electron chi connectivity index (χ3n) is 3.85. The summed E-state index contributed by atoms with van der Waals surface area (Å²) < 4.78 is 0. The standard InChI is InChI=1S/C20H19N3O/c1-15(23-20(24)13-19-14-21-11-12-22-19)16-7-9-18(10-8-16)17-5-3-2-4-6-17/h2-12,14-15H,13H2,1H3,(H,23,24)/t15-/m0/s1. The molecule has 0 spiro atoms. The molecule has 120 valence electrons. The molecule has 0 aliphatic heterocycles. The molecule has 3 rings (SSSR count). The van der Waals surface area contributed by atoms with E-state index in [4.69, 9.17) is 0 Å². The summed E-state index contributed by atoms with van der Waals surface area (Å²) in [5.74, 6) is -0.0601. The van der Waals surface area contributed by atoms with Crippen molar-refractivity contribution in [3.8, 4) is 11.1 Å². The smallest absolute Gasteiger partial charge is 0.226 e. The SMILES string of the molecule is C[C@H](NC(=O)Cc1cnccn1)c1ccc(-c2ccccc2)cc1. The van der Waals surface area contributed by atoms with Gasteiger partial charge in [0.05, 0.1) is 18.2 Å². The molecule has 0 radical (unpaired) electrons. The lowest BCUT2D eigenvalue weighted by Gasteiger charge is -2.15. The normalized spacial score (nSPS) is 11.7. The average Bonchev–Trinajstić information content (AvgIpc) is 2.63. The van der Waals surface area contributed by atoms with Gasteiger partial charge in [0.25, 0.3) is 0 Å². The van der Waals surface area contributed by atoms with Crippen LogP contribution >= 0.6 is 0 Å². The van der Waals surface area contributed by atoms with Gasteiger partial charge < -0.3 is 5.32 Å². The number of carbonyl (C=O) groups is 1. The van der Waals surface area contributed by atoms with Crippen LogP contribution in [0.5, 0.6) is 0 Å². The molecule has 1 aromatic heterocycles. The minimum absolute atomic E-state index is 0.0565. The van der Waals surface area contributed by atoms with Gasteiger partial charge >= 0.3 is 0 Å². The molecule has 1 atom stereocenters. The van der Waals surface area contributed by atoms with Gasteiger partial charge in [-0.15, -0.1) is 0 Å². The molecule has 24 heavy (non-hydrogen) atoms. The number of benzene rings is 2. The second kappa shape index (κ2) is 7.51. The van der Waals surface area contributed by atoms with Crippen molar-refractivity contribution >= 4 is 5.91 Å². The molecule has 3 aromatic rings. The molecule has 0 saturated carbocycles. The lowest BCUT2D eigenvalue weighted by Crippen LogP contribution is -2.28. The highest BCUT2D eigenvalue weighted by atomic mass is 16.1. The Balaban J connectivity index is 1.63. The van der Waals surface area contributed by atoms with Crippen LogP contribution in [0.3, 0.4) is 0 Å². The van der Waals surface area contributed by atoms with Gasteiger partial charge in [-0.3, -0.25) is 14.8 Å². The van der Waals surface area contributed by atoms with Crippen molar-refractivity contribution in [1.29, 1.82) is 0 Å². The predicted octanol–water partition coefficient (Wildman–Crippen LogP) is 3.56. The number of carbonyl (C=O) groups excluding carboxylic acids is 1. The number of hydrogen-bond acceptors (Lipinski definition) is 3. The van der Waals surface area contributed by atoms with E-state index >= 15 is 0 Å². The zero-order valence-corrected chi connectivity index (χ0v) is 13.5. The zero-order valence-electron chi connectivity index (χ0n) is 13.5. The van der Waals surface area contributed by atoms with E-state index in [1.54, 1.807) is 18.6 Å². The van der Waals surface area contributed by atoms with E-state index < -0.39 is 0 Å². The van der Waals surface area contributed by atoms with Crippen LogP contribution in [0.1, 0.15) is 24.2 Å². The van der Waals surface area contributed by atoms with Gasteiger partial charge in [0.15, 0.2) is 0 Å². The quantitative estimate of drug-likeness (QED) is 0.783. The van der Waals surface area contributed by atoms with E-state index in [1.165, 1.54) is 5.56 Å². The van der Waals surface area contributed by atoms with Crippen LogP contribution in [0.25, 0.3) is 11.1 Å². The highest BCUT2D eigenvalue weighted by Gasteiger charge is 2.11. The third kappa shape index (κ3) is 4.04. The Morgan fingerprint density at radius 2 is 1.71 bits per heavy atom. The first-order valence-corrected chi connectivity index (χ1v) is 7.92. The van der Waals surface area contributed by atoms with Gasteiger partial charge in [-0.05, 0) is 23.6 Å². The molecule has 1 amide bonds. The molecule has 1 N–H and O–H groups in total. The maximum Gasteiger partial charge on any atom is 0.226 e. The first-order valence-electron chi connectivity index (χ1n) is 7.92. The Hall–Kier alpha value is -3.01. The molecule has 0 bridgehead atoms. The van der Waals surface area contributed by atoms with E-state index in [0.29, 0.717) is 5.69 Å². The van der Waals surface area contributed by atoms with Crippen LogP contribution in [0.4, 0.5) is 0 Å². The van der Waals surface area contributed by atoms with Crippen molar-refractivity contribution < 1.29 is 4.79 Å². The number of hydrogen-bond donors (Lipinski definition) is 1. The van der Waals surface area contributed by atoms with Crippen LogP contribution < -0.4 is 5.32 Å². The molecule has 4 nitrogen and oxygen atoms in total. The van der Waals surface area contributed by atoms with Gasteiger partial charge in [-0.2, -0.15) is 0 Å². The van der Waals surface area contributed by atoms with Gasteiger partial charge in [0.2, 0.25) is 5.91 Å². The first kappa shape index (κ1) is 15.9. The van der Waals surface area contributed by atoms with E-state index in [-0.39, 0.29) is 18.4 Å². The molecular formula is C20H19N3O.